The molecule has 1 aliphatic heterocycles. The molecule has 2 rings (SSSR count). The number of aliphatic imine (C=N–C) groups is 1. The average Bonchev–Trinajstić information content (AvgIpc) is 2.38. The van der Waals surface area contributed by atoms with Crippen molar-refractivity contribution in [2.24, 2.45) is 4.99 Å². The first-order chi connectivity index (χ1) is 5.36. The summed E-state index contributed by atoms with van der Waals surface area (Å²) in [5, 5.41) is 0. The zero-order valence-electron chi connectivity index (χ0n) is 5.90. The fourth-order valence-corrected chi connectivity index (χ4v) is 1.05. The Hall–Kier alpha value is -1.45. The molecule has 0 aliphatic carbocycles. The van der Waals surface area contributed by atoms with Gasteiger partial charge in [-0.25, -0.2) is 9.98 Å². The molecule has 1 amide bonds. The van der Waals surface area contributed by atoms with Crippen molar-refractivity contribution in [1.82, 2.24) is 9.55 Å². The Bertz CT molecular complexity index is 313. The van der Waals surface area contributed by atoms with Crippen molar-refractivity contribution in [3.05, 3.63) is 18.2 Å². The van der Waals surface area contributed by atoms with E-state index in [0.29, 0.717) is 13.0 Å². The van der Waals surface area contributed by atoms with Gasteiger partial charge in [0.2, 0.25) is 5.91 Å². The van der Waals surface area contributed by atoms with Gasteiger partial charge in [0.15, 0.2) is 5.82 Å². The van der Waals surface area contributed by atoms with E-state index in [1.807, 2.05) is 10.8 Å². The number of rotatable bonds is 0. The SMILES string of the molecule is O=C1CCn2ccnc2C=N1. The van der Waals surface area contributed by atoms with Crippen LogP contribution in [0.4, 0.5) is 0 Å². The molecule has 1 aromatic heterocycles. The highest BCUT2D eigenvalue weighted by Crippen LogP contribution is 2.01. The van der Waals surface area contributed by atoms with Crippen molar-refractivity contribution in [1.29, 1.82) is 0 Å². The van der Waals surface area contributed by atoms with E-state index < -0.39 is 0 Å². The second kappa shape index (κ2) is 2.30. The molecule has 4 nitrogen and oxygen atoms in total. The number of carbonyl (C=O) groups is 1. The minimum absolute atomic E-state index is 0.0736. The van der Waals surface area contributed by atoms with Crippen LogP contribution in [0, 0.1) is 0 Å². The van der Waals surface area contributed by atoms with Gasteiger partial charge in [0, 0.05) is 25.4 Å². The molecule has 2 heterocycles. The number of aryl methyl sites for hydroxylation is 1. The molecule has 56 valence electrons. The van der Waals surface area contributed by atoms with Gasteiger partial charge in [-0.1, -0.05) is 0 Å². The van der Waals surface area contributed by atoms with Gasteiger partial charge in [-0.15, -0.1) is 0 Å². The quantitative estimate of drug-likeness (QED) is 0.530. The van der Waals surface area contributed by atoms with E-state index in [1.165, 1.54) is 6.21 Å². The summed E-state index contributed by atoms with van der Waals surface area (Å²) in [7, 11) is 0. The van der Waals surface area contributed by atoms with Crippen molar-refractivity contribution < 1.29 is 4.79 Å². The van der Waals surface area contributed by atoms with E-state index in [0.717, 1.165) is 5.82 Å². The average molecular weight is 149 g/mol. The molecule has 0 bridgehead atoms. The van der Waals surface area contributed by atoms with E-state index in [2.05, 4.69) is 9.98 Å². The van der Waals surface area contributed by atoms with Gasteiger partial charge in [-0.05, 0) is 0 Å². The topological polar surface area (TPSA) is 47.2 Å². The number of fused-ring (bicyclic) bond motifs is 1. The lowest BCUT2D eigenvalue weighted by atomic mass is 10.4. The Kier molecular flexibility index (Phi) is 1.31. The molecule has 0 N–H and O–H groups in total. The monoisotopic (exact) mass is 149 g/mol. The van der Waals surface area contributed by atoms with Crippen LogP contribution in [0.1, 0.15) is 12.2 Å². The summed E-state index contributed by atoms with van der Waals surface area (Å²) >= 11 is 0. The number of hydrogen-bond donors (Lipinski definition) is 0. The maximum Gasteiger partial charge on any atom is 0.247 e. The highest BCUT2D eigenvalue weighted by atomic mass is 16.1. The summed E-state index contributed by atoms with van der Waals surface area (Å²) in [6.07, 6.45) is 5.53. The highest BCUT2D eigenvalue weighted by molar-refractivity contribution is 5.90. The first-order valence-corrected chi connectivity index (χ1v) is 3.44. The first-order valence-electron chi connectivity index (χ1n) is 3.44. The molecule has 0 unspecified atom stereocenters. The fraction of sp³-hybridized carbons (Fsp3) is 0.286. The van der Waals surface area contributed by atoms with Gasteiger partial charge in [0.25, 0.3) is 0 Å². The summed E-state index contributed by atoms with van der Waals surface area (Å²) in [4.78, 5) is 18.5. The molecule has 0 aromatic carbocycles. The van der Waals surface area contributed by atoms with Crippen LogP contribution in [0.5, 0.6) is 0 Å². The maximum absolute atomic E-state index is 10.8. The van der Waals surface area contributed by atoms with Crippen LogP contribution in [0.3, 0.4) is 0 Å². The normalized spacial score (nSPS) is 16.2. The van der Waals surface area contributed by atoms with Crippen LogP contribution >= 0.6 is 0 Å². The van der Waals surface area contributed by atoms with Crippen LogP contribution in [-0.4, -0.2) is 21.7 Å². The van der Waals surface area contributed by atoms with Crippen LogP contribution in [0.25, 0.3) is 0 Å². The minimum Gasteiger partial charge on any atom is -0.330 e. The third-order valence-electron chi connectivity index (χ3n) is 1.64. The van der Waals surface area contributed by atoms with Crippen LogP contribution in [0.2, 0.25) is 0 Å². The molecular weight excluding hydrogens is 142 g/mol. The summed E-state index contributed by atoms with van der Waals surface area (Å²) < 4.78 is 1.91. The Morgan fingerprint density at radius 3 is 3.36 bits per heavy atom. The zero-order valence-corrected chi connectivity index (χ0v) is 5.90. The third kappa shape index (κ3) is 1.07. The Morgan fingerprint density at radius 2 is 2.45 bits per heavy atom. The van der Waals surface area contributed by atoms with Gasteiger partial charge < -0.3 is 4.57 Å². The Labute approximate surface area is 63.6 Å². The van der Waals surface area contributed by atoms with Gasteiger partial charge in [0.1, 0.15) is 0 Å². The van der Waals surface area contributed by atoms with Gasteiger partial charge in [0.05, 0.1) is 6.21 Å². The molecule has 0 radical (unpaired) electrons. The Balaban J connectivity index is 2.42. The number of nitrogens with zero attached hydrogens (tertiary/aromatic N) is 3. The molecule has 0 atom stereocenters. The largest absolute Gasteiger partial charge is 0.330 e. The van der Waals surface area contributed by atoms with Gasteiger partial charge >= 0.3 is 0 Å². The number of hydrogen-bond acceptors (Lipinski definition) is 2. The Morgan fingerprint density at radius 1 is 1.55 bits per heavy atom. The molecule has 1 aliphatic rings. The molecule has 0 saturated heterocycles. The van der Waals surface area contributed by atoms with Crippen molar-refractivity contribution in [2.75, 3.05) is 0 Å². The lowest BCUT2D eigenvalue weighted by molar-refractivity contribution is -0.117. The molecule has 0 fully saturated rings. The smallest absolute Gasteiger partial charge is 0.247 e. The van der Waals surface area contributed by atoms with E-state index in [1.54, 1.807) is 6.20 Å². The molecule has 0 spiro atoms. The van der Waals surface area contributed by atoms with Crippen LogP contribution in [0.15, 0.2) is 17.4 Å². The predicted octanol–water partition coefficient (Wildman–Crippen LogP) is 0.232. The second-order valence-electron chi connectivity index (χ2n) is 2.38. The van der Waals surface area contributed by atoms with Crippen molar-refractivity contribution in [3.63, 3.8) is 0 Å². The highest BCUT2D eigenvalue weighted by Gasteiger charge is 2.07. The molecule has 4 heteroatoms. The number of aromatic nitrogens is 2. The standard InChI is InChI=1S/C7H7N3O/c11-7-1-3-10-4-2-8-6(10)5-9-7/h2,4-5H,1,3H2. The lowest BCUT2D eigenvalue weighted by Gasteiger charge is -1.96. The predicted molar refractivity (Wildman–Crippen MR) is 39.4 cm³/mol. The van der Waals surface area contributed by atoms with Crippen molar-refractivity contribution in [3.8, 4) is 0 Å². The third-order valence-corrected chi connectivity index (χ3v) is 1.64. The van der Waals surface area contributed by atoms with Crippen LogP contribution in [-0.2, 0) is 11.3 Å². The lowest BCUT2D eigenvalue weighted by Crippen LogP contribution is -2.00. The summed E-state index contributed by atoms with van der Waals surface area (Å²) in [5.41, 5.74) is 0. The molecule has 0 saturated carbocycles. The molecular formula is C7H7N3O. The van der Waals surface area contributed by atoms with Crippen LogP contribution < -0.4 is 0 Å². The summed E-state index contributed by atoms with van der Waals surface area (Å²) in [6.45, 7) is 0.689. The van der Waals surface area contributed by atoms with E-state index in [-0.39, 0.29) is 5.91 Å². The summed E-state index contributed by atoms with van der Waals surface area (Å²) in [6, 6.07) is 0. The van der Waals surface area contributed by atoms with E-state index in [4.69, 9.17) is 0 Å². The molecule has 11 heavy (non-hydrogen) atoms. The fourth-order valence-electron chi connectivity index (χ4n) is 1.05. The van der Waals surface area contributed by atoms with E-state index >= 15 is 0 Å². The van der Waals surface area contributed by atoms with Crippen molar-refractivity contribution in [2.45, 2.75) is 13.0 Å². The maximum atomic E-state index is 10.8. The zero-order chi connectivity index (χ0) is 7.68. The summed E-state index contributed by atoms with van der Waals surface area (Å²) in [5.74, 6) is 0.686. The minimum atomic E-state index is -0.0736. The van der Waals surface area contributed by atoms with Gasteiger partial charge in [-0.2, -0.15) is 0 Å². The van der Waals surface area contributed by atoms with E-state index in [9.17, 15) is 4.79 Å². The number of carbonyl (C=O) groups excluding carboxylic acids is 1. The first kappa shape index (κ1) is 6.27. The number of amides is 1. The second-order valence-corrected chi connectivity index (χ2v) is 2.38. The van der Waals surface area contributed by atoms with Gasteiger partial charge in [-0.3, -0.25) is 4.79 Å². The van der Waals surface area contributed by atoms with Crippen molar-refractivity contribution >= 4 is 12.1 Å². The number of imidazole rings is 1. The molecule has 1 aromatic rings.